The third-order valence-electron chi connectivity index (χ3n) is 1.58. The SMILES string of the molecule is C=CCc1ccc(C(=O)S)cc1. The molecule has 0 radical (unpaired) electrons. The van der Waals surface area contributed by atoms with Crippen molar-refractivity contribution in [3.8, 4) is 0 Å². The minimum absolute atomic E-state index is 0.194. The Morgan fingerprint density at radius 1 is 1.42 bits per heavy atom. The molecule has 2 heteroatoms. The van der Waals surface area contributed by atoms with Gasteiger partial charge in [-0.15, -0.1) is 19.2 Å². The quantitative estimate of drug-likeness (QED) is 0.556. The second kappa shape index (κ2) is 4.12. The van der Waals surface area contributed by atoms with Crippen LogP contribution < -0.4 is 0 Å². The molecule has 1 rings (SSSR count). The van der Waals surface area contributed by atoms with Crippen LogP contribution in [0.15, 0.2) is 36.9 Å². The van der Waals surface area contributed by atoms with Crippen LogP contribution in [0.25, 0.3) is 0 Å². The van der Waals surface area contributed by atoms with Gasteiger partial charge in [-0.1, -0.05) is 30.3 Å². The summed E-state index contributed by atoms with van der Waals surface area (Å²) in [5, 5.41) is -0.194. The fourth-order valence-corrected chi connectivity index (χ4v) is 1.10. The molecule has 1 nitrogen and oxygen atoms in total. The Hall–Kier alpha value is -1.02. The van der Waals surface area contributed by atoms with E-state index >= 15 is 0 Å². The molecule has 0 saturated carbocycles. The summed E-state index contributed by atoms with van der Waals surface area (Å²) < 4.78 is 0. The molecule has 12 heavy (non-hydrogen) atoms. The molecule has 0 aliphatic rings. The van der Waals surface area contributed by atoms with E-state index in [-0.39, 0.29) is 5.12 Å². The molecular formula is C10H10OS. The van der Waals surface area contributed by atoms with Crippen LogP contribution in [0.3, 0.4) is 0 Å². The van der Waals surface area contributed by atoms with E-state index in [0.29, 0.717) is 5.56 Å². The summed E-state index contributed by atoms with van der Waals surface area (Å²) in [5.41, 5.74) is 1.79. The largest absolute Gasteiger partial charge is 0.282 e. The van der Waals surface area contributed by atoms with Crippen LogP contribution in [0.1, 0.15) is 15.9 Å². The van der Waals surface area contributed by atoms with E-state index in [1.54, 1.807) is 12.1 Å². The molecule has 1 aromatic rings. The molecule has 0 fully saturated rings. The molecule has 0 heterocycles. The number of allylic oxidation sites excluding steroid dienone is 1. The Kier molecular flexibility index (Phi) is 3.11. The zero-order valence-corrected chi connectivity index (χ0v) is 7.55. The van der Waals surface area contributed by atoms with Crippen molar-refractivity contribution in [3.63, 3.8) is 0 Å². The average Bonchev–Trinajstić information content (AvgIpc) is 2.06. The van der Waals surface area contributed by atoms with E-state index in [1.807, 2.05) is 18.2 Å². The zero-order valence-electron chi connectivity index (χ0n) is 6.66. The van der Waals surface area contributed by atoms with Crippen LogP contribution in [0.4, 0.5) is 0 Å². The predicted octanol–water partition coefficient (Wildman–Crippen LogP) is 2.49. The molecule has 0 aliphatic carbocycles. The van der Waals surface area contributed by atoms with Gasteiger partial charge in [-0.05, 0) is 12.0 Å². The van der Waals surface area contributed by atoms with Crippen molar-refractivity contribution in [2.45, 2.75) is 6.42 Å². The Labute approximate surface area is 77.5 Å². The number of carbonyl (C=O) groups excluding carboxylic acids is 1. The van der Waals surface area contributed by atoms with E-state index < -0.39 is 0 Å². The highest BCUT2D eigenvalue weighted by Crippen LogP contribution is 2.07. The van der Waals surface area contributed by atoms with Gasteiger partial charge in [0.2, 0.25) is 5.12 Å². The summed E-state index contributed by atoms with van der Waals surface area (Å²) in [5.74, 6) is 0. The Morgan fingerprint density at radius 2 is 2.00 bits per heavy atom. The highest BCUT2D eigenvalue weighted by atomic mass is 32.1. The number of hydrogen-bond acceptors (Lipinski definition) is 1. The average molecular weight is 178 g/mol. The van der Waals surface area contributed by atoms with Crippen LogP contribution in [0, 0.1) is 0 Å². The topological polar surface area (TPSA) is 17.1 Å². The monoisotopic (exact) mass is 178 g/mol. The van der Waals surface area contributed by atoms with E-state index in [2.05, 4.69) is 19.2 Å². The van der Waals surface area contributed by atoms with Crippen molar-refractivity contribution in [1.29, 1.82) is 0 Å². The lowest BCUT2D eigenvalue weighted by Gasteiger charge is -1.97. The third kappa shape index (κ3) is 2.24. The lowest BCUT2D eigenvalue weighted by atomic mass is 10.1. The first-order chi connectivity index (χ1) is 5.74. The molecule has 0 spiro atoms. The third-order valence-corrected chi connectivity index (χ3v) is 1.84. The molecule has 0 aromatic heterocycles. The second-order valence-electron chi connectivity index (χ2n) is 2.49. The predicted molar refractivity (Wildman–Crippen MR) is 53.7 cm³/mol. The molecular weight excluding hydrogens is 168 g/mol. The summed E-state index contributed by atoms with van der Waals surface area (Å²) in [4.78, 5) is 10.8. The number of benzene rings is 1. The number of carbonyl (C=O) groups is 1. The summed E-state index contributed by atoms with van der Waals surface area (Å²) in [6.45, 7) is 3.63. The van der Waals surface area contributed by atoms with Gasteiger partial charge in [0.1, 0.15) is 0 Å². The fraction of sp³-hybridized carbons (Fsp3) is 0.100. The highest BCUT2D eigenvalue weighted by Gasteiger charge is 1.97. The van der Waals surface area contributed by atoms with Gasteiger partial charge in [0.15, 0.2) is 0 Å². The number of hydrogen-bond donors (Lipinski definition) is 1. The minimum atomic E-state index is -0.194. The summed E-state index contributed by atoms with van der Waals surface area (Å²) in [6, 6.07) is 7.36. The lowest BCUT2D eigenvalue weighted by molar-refractivity contribution is 0.109. The Bertz CT molecular complexity index is 287. The van der Waals surface area contributed by atoms with Crippen LogP contribution in [0.5, 0.6) is 0 Å². The van der Waals surface area contributed by atoms with Crippen molar-refractivity contribution < 1.29 is 4.79 Å². The minimum Gasteiger partial charge on any atom is -0.282 e. The first-order valence-corrected chi connectivity index (χ1v) is 4.12. The summed E-state index contributed by atoms with van der Waals surface area (Å²) in [7, 11) is 0. The molecule has 62 valence electrons. The molecule has 1 aromatic carbocycles. The normalized spacial score (nSPS) is 9.42. The number of thiol groups is 1. The van der Waals surface area contributed by atoms with Crippen LogP contribution in [-0.4, -0.2) is 5.12 Å². The van der Waals surface area contributed by atoms with Gasteiger partial charge in [0.05, 0.1) is 0 Å². The first-order valence-electron chi connectivity index (χ1n) is 3.67. The zero-order chi connectivity index (χ0) is 8.97. The van der Waals surface area contributed by atoms with Crippen molar-refractivity contribution in [3.05, 3.63) is 48.0 Å². The van der Waals surface area contributed by atoms with Gasteiger partial charge in [-0.2, -0.15) is 0 Å². The van der Waals surface area contributed by atoms with Gasteiger partial charge < -0.3 is 0 Å². The molecule has 0 amide bonds. The molecule has 0 N–H and O–H groups in total. The maximum Gasteiger partial charge on any atom is 0.216 e. The van der Waals surface area contributed by atoms with Gasteiger partial charge in [0, 0.05) is 5.56 Å². The lowest BCUT2D eigenvalue weighted by Crippen LogP contribution is -1.88. The maximum absolute atomic E-state index is 10.8. The highest BCUT2D eigenvalue weighted by molar-refractivity contribution is 7.97. The van der Waals surface area contributed by atoms with Crippen LogP contribution in [0.2, 0.25) is 0 Å². The second-order valence-corrected chi connectivity index (χ2v) is 2.90. The van der Waals surface area contributed by atoms with Gasteiger partial charge in [-0.25, -0.2) is 0 Å². The van der Waals surface area contributed by atoms with Gasteiger partial charge in [0.25, 0.3) is 0 Å². The smallest absolute Gasteiger partial charge is 0.216 e. The van der Waals surface area contributed by atoms with E-state index in [9.17, 15) is 4.79 Å². The first kappa shape index (κ1) is 9.07. The molecule has 0 saturated heterocycles. The van der Waals surface area contributed by atoms with Gasteiger partial charge >= 0.3 is 0 Å². The van der Waals surface area contributed by atoms with Crippen molar-refractivity contribution in [2.24, 2.45) is 0 Å². The maximum atomic E-state index is 10.8. The Balaban J connectivity index is 2.85. The molecule has 0 unspecified atom stereocenters. The fourth-order valence-electron chi connectivity index (χ4n) is 0.950. The molecule has 0 atom stereocenters. The van der Waals surface area contributed by atoms with Crippen molar-refractivity contribution in [1.82, 2.24) is 0 Å². The van der Waals surface area contributed by atoms with Crippen LogP contribution in [-0.2, 0) is 6.42 Å². The standard InChI is InChI=1S/C10H10OS/c1-2-3-8-4-6-9(7-5-8)10(11)12/h2,4-7H,1,3H2,(H,11,12). The van der Waals surface area contributed by atoms with Crippen molar-refractivity contribution in [2.75, 3.05) is 0 Å². The van der Waals surface area contributed by atoms with E-state index in [1.165, 1.54) is 0 Å². The summed E-state index contributed by atoms with van der Waals surface area (Å²) >= 11 is 3.71. The van der Waals surface area contributed by atoms with E-state index in [4.69, 9.17) is 0 Å². The summed E-state index contributed by atoms with van der Waals surface area (Å²) in [6.07, 6.45) is 2.67. The molecule has 0 bridgehead atoms. The van der Waals surface area contributed by atoms with E-state index in [0.717, 1.165) is 12.0 Å². The Morgan fingerprint density at radius 3 is 2.42 bits per heavy atom. The van der Waals surface area contributed by atoms with Crippen LogP contribution >= 0.6 is 12.6 Å². The molecule has 0 aliphatic heterocycles. The van der Waals surface area contributed by atoms with Crippen molar-refractivity contribution >= 4 is 17.7 Å². The number of rotatable bonds is 3. The van der Waals surface area contributed by atoms with Gasteiger partial charge in [-0.3, -0.25) is 4.79 Å².